The van der Waals surface area contributed by atoms with Crippen molar-refractivity contribution >= 4 is 8.32 Å². The van der Waals surface area contributed by atoms with Crippen LogP contribution in [-0.4, -0.2) is 51.6 Å². The molecule has 1 aliphatic rings. The molecule has 0 amide bonds. The number of hydrogen-bond donors (Lipinski definition) is 1. The van der Waals surface area contributed by atoms with Crippen LogP contribution < -0.4 is 4.74 Å². The van der Waals surface area contributed by atoms with Gasteiger partial charge in [-0.05, 0) is 59.7 Å². The molecule has 5 nitrogen and oxygen atoms in total. The summed E-state index contributed by atoms with van der Waals surface area (Å²) in [5.74, 6) is 1.03. The van der Waals surface area contributed by atoms with Crippen molar-refractivity contribution in [3.63, 3.8) is 0 Å². The Morgan fingerprint density at radius 2 is 1.67 bits per heavy atom. The number of ether oxygens (including phenoxy) is 3. The molecule has 206 valence electrons. The molecule has 1 N–H and O–H groups in total. The number of rotatable bonds is 15. The molecule has 1 aliphatic heterocycles. The SMILES string of the molecule is C=C([C@H](C)CO[Si](C(C)C)(C(C)C)C(C)C)[C@H]1C[C@@](C)(O)[C@@H](CCCOCc2ccc(OC)cc2)O1. The third-order valence-corrected chi connectivity index (χ3v) is 14.2. The smallest absolute Gasteiger partial charge is 0.200 e. The van der Waals surface area contributed by atoms with E-state index in [9.17, 15) is 5.11 Å². The molecule has 0 bridgehead atoms. The predicted octanol–water partition coefficient (Wildman–Crippen LogP) is 7.28. The Labute approximate surface area is 221 Å². The zero-order chi connectivity index (χ0) is 27.1. The van der Waals surface area contributed by atoms with Crippen LogP contribution in [0.15, 0.2) is 36.4 Å². The molecule has 1 heterocycles. The monoisotopic (exact) mass is 520 g/mol. The number of hydrogen-bond acceptors (Lipinski definition) is 5. The van der Waals surface area contributed by atoms with Crippen LogP contribution >= 0.6 is 0 Å². The van der Waals surface area contributed by atoms with E-state index < -0.39 is 13.9 Å². The molecule has 4 atom stereocenters. The first-order valence-corrected chi connectivity index (χ1v) is 15.9. The van der Waals surface area contributed by atoms with Crippen LogP contribution in [0.3, 0.4) is 0 Å². The highest BCUT2D eigenvalue weighted by Gasteiger charge is 2.47. The number of aliphatic hydroxyl groups is 1. The lowest BCUT2D eigenvalue weighted by molar-refractivity contribution is -0.0416. The van der Waals surface area contributed by atoms with Crippen molar-refractivity contribution in [1.82, 2.24) is 0 Å². The normalized spacial score (nSPS) is 23.6. The minimum Gasteiger partial charge on any atom is -0.497 e. The van der Waals surface area contributed by atoms with Gasteiger partial charge in [0, 0.05) is 25.6 Å². The maximum Gasteiger partial charge on any atom is 0.200 e. The molecule has 0 radical (unpaired) electrons. The fraction of sp³-hybridized carbons (Fsp3) is 0.733. The molecule has 6 heteroatoms. The standard InChI is InChI=1S/C30H52O5Si/c1-21(2)36(22(3)4,23(5)6)34-19-24(7)25(8)28-18-30(9,31)29(35-28)12-11-17-33-20-26-13-15-27(32-10)16-14-26/h13-16,21-24,28-29,31H,8,11-12,17-20H2,1-7,9-10H3/t24-,28-,29-,30-/m1/s1. The lowest BCUT2D eigenvalue weighted by Gasteiger charge is -2.43. The third-order valence-electron chi connectivity index (χ3n) is 8.14. The van der Waals surface area contributed by atoms with E-state index >= 15 is 0 Å². The van der Waals surface area contributed by atoms with Gasteiger partial charge in [0.25, 0.3) is 0 Å². The molecule has 1 saturated heterocycles. The molecule has 0 unspecified atom stereocenters. The van der Waals surface area contributed by atoms with Gasteiger partial charge in [0.2, 0.25) is 0 Å². The zero-order valence-corrected chi connectivity index (χ0v) is 25.3. The van der Waals surface area contributed by atoms with Crippen molar-refractivity contribution in [2.75, 3.05) is 20.3 Å². The Morgan fingerprint density at radius 3 is 2.19 bits per heavy atom. The summed E-state index contributed by atoms with van der Waals surface area (Å²) >= 11 is 0. The Hall–Kier alpha value is -1.18. The highest BCUT2D eigenvalue weighted by Crippen LogP contribution is 2.43. The van der Waals surface area contributed by atoms with E-state index in [0.29, 0.717) is 42.9 Å². The largest absolute Gasteiger partial charge is 0.497 e. The fourth-order valence-electron chi connectivity index (χ4n) is 5.97. The Morgan fingerprint density at radius 1 is 1.08 bits per heavy atom. The van der Waals surface area contributed by atoms with E-state index in [-0.39, 0.29) is 18.1 Å². The van der Waals surface area contributed by atoms with Crippen LogP contribution in [0.4, 0.5) is 0 Å². The van der Waals surface area contributed by atoms with Gasteiger partial charge >= 0.3 is 0 Å². The van der Waals surface area contributed by atoms with Crippen LogP contribution in [0.5, 0.6) is 5.75 Å². The predicted molar refractivity (Wildman–Crippen MR) is 151 cm³/mol. The molecule has 0 spiro atoms. The van der Waals surface area contributed by atoms with Crippen LogP contribution in [0.1, 0.15) is 80.2 Å². The lowest BCUT2D eigenvalue weighted by Crippen LogP contribution is -2.48. The molecular weight excluding hydrogens is 468 g/mol. The van der Waals surface area contributed by atoms with E-state index in [1.807, 2.05) is 31.2 Å². The average molecular weight is 521 g/mol. The van der Waals surface area contributed by atoms with Crippen LogP contribution in [0.2, 0.25) is 16.6 Å². The topological polar surface area (TPSA) is 57.2 Å². The minimum absolute atomic E-state index is 0.142. The van der Waals surface area contributed by atoms with Gasteiger partial charge in [-0.15, -0.1) is 0 Å². The third kappa shape index (κ3) is 7.67. The molecule has 0 aromatic heterocycles. The minimum atomic E-state index is -1.92. The van der Waals surface area contributed by atoms with E-state index in [1.165, 1.54) is 0 Å². The van der Waals surface area contributed by atoms with Gasteiger partial charge in [-0.3, -0.25) is 0 Å². The summed E-state index contributed by atoms with van der Waals surface area (Å²) < 4.78 is 24.2. The summed E-state index contributed by atoms with van der Waals surface area (Å²) in [4.78, 5) is 0. The van der Waals surface area contributed by atoms with Gasteiger partial charge in [0.05, 0.1) is 31.5 Å². The van der Waals surface area contributed by atoms with Gasteiger partial charge in [-0.2, -0.15) is 0 Å². The first kappa shape index (κ1) is 31.0. The Kier molecular flexibility index (Phi) is 11.7. The van der Waals surface area contributed by atoms with E-state index in [0.717, 1.165) is 29.7 Å². The molecule has 36 heavy (non-hydrogen) atoms. The summed E-state index contributed by atoms with van der Waals surface area (Å²) in [6.45, 7) is 24.2. The molecule has 0 aliphatic carbocycles. The second-order valence-electron chi connectivity index (χ2n) is 11.8. The van der Waals surface area contributed by atoms with Gasteiger partial charge in [0.1, 0.15) is 5.75 Å². The van der Waals surface area contributed by atoms with Gasteiger partial charge in [-0.1, -0.05) is 67.2 Å². The molecule has 2 rings (SSSR count). The van der Waals surface area contributed by atoms with Gasteiger partial charge < -0.3 is 23.7 Å². The first-order chi connectivity index (χ1) is 16.8. The molecule has 0 saturated carbocycles. The number of benzene rings is 1. The average Bonchev–Trinajstić information content (AvgIpc) is 3.12. The highest BCUT2D eigenvalue weighted by atomic mass is 28.4. The molecule has 1 aromatic carbocycles. The van der Waals surface area contributed by atoms with E-state index in [4.69, 9.17) is 18.6 Å². The summed E-state index contributed by atoms with van der Waals surface area (Å²) in [5.41, 5.74) is 2.95. The number of methoxy groups -OCH3 is 1. The molecular formula is C30H52O5Si. The van der Waals surface area contributed by atoms with Crippen molar-refractivity contribution in [1.29, 1.82) is 0 Å². The quantitative estimate of drug-likeness (QED) is 0.150. The van der Waals surface area contributed by atoms with Crippen LogP contribution in [0, 0.1) is 5.92 Å². The Bertz CT molecular complexity index is 780. The van der Waals surface area contributed by atoms with Crippen molar-refractivity contribution in [3.05, 3.63) is 42.0 Å². The van der Waals surface area contributed by atoms with Crippen molar-refractivity contribution < 1.29 is 23.7 Å². The summed E-state index contributed by atoms with van der Waals surface area (Å²) in [7, 11) is -0.259. The summed E-state index contributed by atoms with van der Waals surface area (Å²) in [6.07, 6.45) is 1.81. The van der Waals surface area contributed by atoms with Crippen LogP contribution in [0.25, 0.3) is 0 Å². The summed E-state index contributed by atoms with van der Waals surface area (Å²) in [6, 6.07) is 7.91. The van der Waals surface area contributed by atoms with Crippen molar-refractivity contribution in [3.8, 4) is 5.75 Å². The maximum absolute atomic E-state index is 11.1. The summed E-state index contributed by atoms with van der Waals surface area (Å²) in [5, 5.41) is 11.1. The van der Waals surface area contributed by atoms with Crippen LogP contribution in [-0.2, 0) is 20.5 Å². The lowest BCUT2D eigenvalue weighted by atomic mass is 9.89. The van der Waals surface area contributed by atoms with Gasteiger partial charge in [-0.25, -0.2) is 0 Å². The maximum atomic E-state index is 11.1. The fourth-order valence-corrected chi connectivity index (χ4v) is 11.5. The second-order valence-corrected chi connectivity index (χ2v) is 17.3. The molecule has 1 fully saturated rings. The highest BCUT2D eigenvalue weighted by molar-refractivity contribution is 6.77. The van der Waals surface area contributed by atoms with E-state index in [1.54, 1.807) is 7.11 Å². The first-order valence-electron chi connectivity index (χ1n) is 13.8. The van der Waals surface area contributed by atoms with Crippen molar-refractivity contribution in [2.45, 2.75) is 116 Å². The van der Waals surface area contributed by atoms with Gasteiger partial charge in [0.15, 0.2) is 8.32 Å². The van der Waals surface area contributed by atoms with E-state index in [2.05, 4.69) is 55.0 Å². The second kappa shape index (κ2) is 13.6. The Balaban J connectivity index is 1.83. The zero-order valence-electron chi connectivity index (χ0n) is 24.3. The van der Waals surface area contributed by atoms with Crippen molar-refractivity contribution in [2.24, 2.45) is 5.92 Å². The molecule has 1 aromatic rings.